The van der Waals surface area contributed by atoms with E-state index in [0.29, 0.717) is 12.6 Å². The van der Waals surface area contributed by atoms with E-state index in [9.17, 15) is 9.90 Å². The van der Waals surface area contributed by atoms with Crippen LogP contribution in [0.15, 0.2) is 29.0 Å². The van der Waals surface area contributed by atoms with E-state index in [1.165, 1.54) is 30.6 Å². The molecule has 2 amide bonds. The summed E-state index contributed by atoms with van der Waals surface area (Å²) in [6, 6.07) is 6.07. The summed E-state index contributed by atoms with van der Waals surface area (Å²) in [5.41, 5.74) is 0.923. The van der Waals surface area contributed by atoms with E-state index >= 15 is 0 Å². The predicted molar refractivity (Wildman–Crippen MR) is 94.9 cm³/mol. The second-order valence-electron chi connectivity index (χ2n) is 5.93. The van der Waals surface area contributed by atoms with Gasteiger partial charge in [-0.1, -0.05) is 19.3 Å². The zero-order chi connectivity index (χ0) is 16.1. The molecule has 0 bridgehead atoms. The number of urea groups is 1. The summed E-state index contributed by atoms with van der Waals surface area (Å²) in [7, 11) is 0. The summed E-state index contributed by atoms with van der Waals surface area (Å²) in [6.45, 7) is 0.500. The quantitative estimate of drug-likeness (QED) is 0.762. The van der Waals surface area contributed by atoms with Crippen molar-refractivity contribution >= 4 is 28.7 Å². The Labute approximate surface area is 144 Å². The molecule has 1 fully saturated rings. The second kappa shape index (κ2) is 7.95. The van der Waals surface area contributed by atoms with Crippen LogP contribution < -0.4 is 10.6 Å². The Bertz CT molecular complexity index is 618. The molecule has 1 saturated carbocycles. The Morgan fingerprint density at radius 3 is 2.83 bits per heavy atom. The van der Waals surface area contributed by atoms with Gasteiger partial charge in [0.15, 0.2) is 0 Å². The van der Waals surface area contributed by atoms with Gasteiger partial charge in [-0.15, -0.1) is 11.3 Å². The fraction of sp³-hybridized carbons (Fsp3) is 0.471. The Hall–Kier alpha value is -1.37. The monoisotopic (exact) mass is 350 g/mol. The van der Waals surface area contributed by atoms with Crippen molar-refractivity contribution in [1.82, 2.24) is 10.6 Å². The number of carbonyl (C=O) groups is 1. The number of hydrogen-bond acceptors (Lipinski definition) is 4. The normalized spacial score (nSPS) is 16.9. The number of nitrogens with one attached hydrogen (secondary N) is 2. The molecule has 0 spiro atoms. The molecule has 3 rings (SSSR count). The highest BCUT2D eigenvalue weighted by molar-refractivity contribution is 7.12. The van der Waals surface area contributed by atoms with Crippen LogP contribution in [-0.2, 0) is 6.54 Å². The maximum absolute atomic E-state index is 11.9. The molecule has 1 aliphatic carbocycles. The minimum atomic E-state index is -0.573. The van der Waals surface area contributed by atoms with Crippen molar-refractivity contribution in [2.24, 2.45) is 0 Å². The van der Waals surface area contributed by atoms with Crippen molar-refractivity contribution in [3.05, 3.63) is 44.3 Å². The summed E-state index contributed by atoms with van der Waals surface area (Å²) in [6.07, 6.45) is 5.30. The highest BCUT2D eigenvalue weighted by Gasteiger charge is 2.16. The van der Waals surface area contributed by atoms with Crippen LogP contribution in [0.5, 0.6) is 0 Å². The van der Waals surface area contributed by atoms with Gasteiger partial charge < -0.3 is 15.7 Å². The second-order valence-corrected chi connectivity index (χ2v) is 7.91. The van der Waals surface area contributed by atoms with Crippen LogP contribution in [0.4, 0.5) is 4.79 Å². The van der Waals surface area contributed by atoms with E-state index < -0.39 is 6.10 Å². The van der Waals surface area contributed by atoms with E-state index in [-0.39, 0.29) is 6.03 Å². The molecule has 6 heteroatoms. The minimum Gasteiger partial charge on any atom is -0.383 e. The number of amides is 2. The predicted octanol–water partition coefficient (Wildman–Crippen LogP) is 4.02. The van der Waals surface area contributed by atoms with Gasteiger partial charge in [-0.25, -0.2) is 4.79 Å². The molecule has 1 aliphatic rings. The van der Waals surface area contributed by atoms with E-state index in [2.05, 4.69) is 10.6 Å². The Morgan fingerprint density at radius 2 is 2.09 bits per heavy atom. The van der Waals surface area contributed by atoms with Crippen LogP contribution in [0.1, 0.15) is 53.5 Å². The van der Waals surface area contributed by atoms with Crippen molar-refractivity contribution in [2.75, 3.05) is 0 Å². The first kappa shape index (κ1) is 16.5. The third kappa shape index (κ3) is 4.56. The highest BCUT2D eigenvalue weighted by atomic mass is 32.1. The number of thiophene rings is 2. The van der Waals surface area contributed by atoms with Crippen molar-refractivity contribution in [3.8, 4) is 0 Å². The molecule has 0 aromatic carbocycles. The first-order chi connectivity index (χ1) is 11.2. The first-order valence-electron chi connectivity index (χ1n) is 8.05. The third-order valence-corrected chi connectivity index (χ3v) is 6.01. The first-order valence-corrected chi connectivity index (χ1v) is 9.81. The molecule has 2 heterocycles. The average Bonchev–Trinajstić information content (AvgIpc) is 3.25. The lowest BCUT2D eigenvalue weighted by Crippen LogP contribution is -2.42. The van der Waals surface area contributed by atoms with Crippen LogP contribution in [0.2, 0.25) is 0 Å². The fourth-order valence-corrected chi connectivity index (χ4v) is 4.53. The molecule has 0 aliphatic heterocycles. The Morgan fingerprint density at radius 1 is 1.26 bits per heavy atom. The van der Waals surface area contributed by atoms with Crippen LogP contribution >= 0.6 is 22.7 Å². The van der Waals surface area contributed by atoms with E-state index in [4.69, 9.17) is 0 Å². The lowest BCUT2D eigenvalue weighted by molar-refractivity contribution is 0.224. The summed E-state index contributed by atoms with van der Waals surface area (Å²) in [5, 5.41) is 20.2. The van der Waals surface area contributed by atoms with Gasteiger partial charge >= 0.3 is 6.03 Å². The number of aliphatic hydroxyl groups is 1. The molecule has 1 unspecified atom stereocenters. The number of carbonyl (C=O) groups excluding carboxylic acids is 1. The average molecular weight is 351 g/mol. The summed E-state index contributed by atoms with van der Waals surface area (Å²) < 4.78 is 0. The zero-order valence-electron chi connectivity index (χ0n) is 13.0. The molecule has 2 aromatic rings. The Balaban J connectivity index is 1.48. The third-order valence-electron chi connectivity index (χ3n) is 4.17. The smallest absolute Gasteiger partial charge is 0.315 e. The van der Waals surface area contributed by atoms with Gasteiger partial charge in [0.25, 0.3) is 0 Å². The van der Waals surface area contributed by atoms with Crippen molar-refractivity contribution in [1.29, 1.82) is 0 Å². The number of hydrogen-bond donors (Lipinski definition) is 3. The van der Waals surface area contributed by atoms with Crippen LogP contribution in [0.25, 0.3) is 0 Å². The fourth-order valence-electron chi connectivity index (χ4n) is 2.88. The van der Waals surface area contributed by atoms with Crippen molar-refractivity contribution in [3.63, 3.8) is 0 Å². The van der Waals surface area contributed by atoms with Gasteiger partial charge in [0.1, 0.15) is 6.10 Å². The summed E-state index contributed by atoms with van der Waals surface area (Å²) in [4.78, 5) is 13.9. The van der Waals surface area contributed by atoms with E-state index in [0.717, 1.165) is 28.2 Å². The molecule has 124 valence electrons. The van der Waals surface area contributed by atoms with Gasteiger partial charge in [-0.2, -0.15) is 11.3 Å². The lowest BCUT2D eigenvalue weighted by Gasteiger charge is -2.22. The molecule has 1 atom stereocenters. The van der Waals surface area contributed by atoms with Gasteiger partial charge in [0, 0.05) is 15.8 Å². The van der Waals surface area contributed by atoms with Gasteiger partial charge in [-0.05, 0) is 47.4 Å². The molecule has 23 heavy (non-hydrogen) atoms. The van der Waals surface area contributed by atoms with Crippen LogP contribution in [0, 0.1) is 0 Å². The molecule has 0 radical (unpaired) electrons. The standard InChI is InChI=1S/C17H22N2O2S2/c20-16(12-8-9-22-11-12)15-7-6-14(23-15)10-18-17(21)19-13-4-2-1-3-5-13/h6-9,11,13,16,20H,1-5,10H2,(H2,18,19,21). The molecule has 0 saturated heterocycles. The van der Waals surface area contributed by atoms with Crippen LogP contribution in [-0.4, -0.2) is 17.2 Å². The van der Waals surface area contributed by atoms with Gasteiger partial charge in [0.05, 0.1) is 6.54 Å². The molecule has 3 N–H and O–H groups in total. The molecular weight excluding hydrogens is 328 g/mol. The molecule has 2 aromatic heterocycles. The molecular formula is C17H22N2O2S2. The lowest BCUT2D eigenvalue weighted by atomic mass is 9.96. The van der Waals surface area contributed by atoms with Gasteiger partial charge in [-0.3, -0.25) is 0 Å². The zero-order valence-corrected chi connectivity index (χ0v) is 14.6. The minimum absolute atomic E-state index is 0.0924. The van der Waals surface area contributed by atoms with Crippen molar-refractivity contribution in [2.45, 2.75) is 50.8 Å². The van der Waals surface area contributed by atoms with Crippen molar-refractivity contribution < 1.29 is 9.90 Å². The van der Waals surface area contributed by atoms with Crippen LogP contribution in [0.3, 0.4) is 0 Å². The van der Waals surface area contributed by atoms with Gasteiger partial charge in [0.2, 0.25) is 0 Å². The van der Waals surface area contributed by atoms with E-state index in [1.807, 2.05) is 29.0 Å². The number of rotatable bonds is 5. The largest absolute Gasteiger partial charge is 0.383 e. The summed E-state index contributed by atoms with van der Waals surface area (Å²) in [5.74, 6) is 0. The SMILES string of the molecule is O=C(NCc1ccc(C(O)c2ccsc2)s1)NC1CCCCC1. The van der Waals surface area contributed by atoms with E-state index in [1.54, 1.807) is 11.3 Å². The Kier molecular flexibility index (Phi) is 5.70. The highest BCUT2D eigenvalue weighted by Crippen LogP contribution is 2.29. The summed E-state index contributed by atoms with van der Waals surface area (Å²) >= 11 is 3.12. The maximum Gasteiger partial charge on any atom is 0.315 e. The maximum atomic E-state index is 11.9. The molecule has 4 nitrogen and oxygen atoms in total. The number of aliphatic hydroxyl groups excluding tert-OH is 1. The topological polar surface area (TPSA) is 61.4 Å².